The van der Waals surface area contributed by atoms with Gasteiger partial charge in [-0.05, 0) is 29.3 Å². The molecule has 0 saturated carbocycles. The fraction of sp³-hybridized carbons (Fsp3) is 0.222. The molecule has 0 aliphatic rings. The monoisotopic (exact) mass is 391 g/mol. The van der Waals surface area contributed by atoms with Crippen LogP contribution in [0.25, 0.3) is 0 Å². The Hall–Kier alpha value is -3.69. The highest BCUT2D eigenvalue weighted by Gasteiger charge is 2.16. The van der Waals surface area contributed by atoms with Gasteiger partial charge in [0, 0.05) is 12.6 Å². The van der Waals surface area contributed by atoms with Crippen molar-refractivity contribution in [1.82, 2.24) is 10.6 Å². The highest BCUT2D eigenvalue weighted by atomic mass is 19.1. The summed E-state index contributed by atoms with van der Waals surface area (Å²) < 4.78 is 18.2. The fourth-order valence-electron chi connectivity index (χ4n) is 2.34. The summed E-state index contributed by atoms with van der Waals surface area (Å²) in [7, 11) is 1.42. The number of nitrogens with zero attached hydrogens (tertiary/aromatic N) is 1. The Balaban J connectivity index is 1.81. The zero-order chi connectivity index (χ0) is 20.7. The van der Waals surface area contributed by atoms with E-state index in [0.717, 1.165) is 12.1 Å². The Morgan fingerprint density at radius 3 is 2.50 bits per heavy atom. The number of carbonyl (C=O) groups is 2. The smallest absolute Gasteiger partial charge is 0.305 e. The van der Waals surface area contributed by atoms with Crippen molar-refractivity contribution >= 4 is 17.5 Å². The summed E-state index contributed by atoms with van der Waals surface area (Å²) in [6.45, 7) is -0.166. The third-order valence-corrected chi connectivity index (χ3v) is 3.75. The minimum atomic E-state index is -0.988. The van der Waals surface area contributed by atoms with Crippen LogP contribution in [0.4, 0.5) is 10.1 Å². The number of nitro benzene ring substituents is 1. The molecule has 0 aliphatic heterocycles. The standard InChI is InChI=1S/C18H18FN3O6/c1-28-16-5-3-12(7-15(16)23)9-20-18(25)10-21-17(24)8-11-2-4-13(19)14(6-11)22(26)27/h2-7,23H,8-10H2,1H3,(H,20,25)(H,21,24). The highest BCUT2D eigenvalue weighted by Crippen LogP contribution is 2.26. The van der Waals surface area contributed by atoms with E-state index in [-0.39, 0.29) is 30.8 Å². The van der Waals surface area contributed by atoms with E-state index >= 15 is 0 Å². The number of ether oxygens (including phenoxy) is 1. The summed E-state index contributed by atoms with van der Waals surface area (Å²) >= 11 is 0. The SMILES string of the molecule is COc1ccc(CNC(=O)CNC(=O)Cc2ccc(F)c([N+](=O)[O-])c2)cc1O. The molecule has 2 amide bonds. The summed E-state index contributed by atoms with van der Waals surface area (Å²) in [4.78, 5) is 33.5. The molecule has 0 saturated heterocycles. The molecule has 0 aromatic heterocycles. The fourth-order valence-corrected chi connectivity index (χ4v) is 2.34. The summed E-state index contributed by atoms with van der Waals surface area (Å²) in [5.41, 5.74) is 0.169. The summed E-state index contributed by atoms with van der Waals surface area (Å²) in [5.74, 6) is -1.75. The van der Waals surface area contributed by atoms with E-state index in [9.17, 15) is 29.2 Å². The Bertz CT molecular complexity index is 903. The van der Waals surface area contributed by atoms with Crippen LogP contribution in [0.3, 0.4) is 0 Å². The largest absolute Gasteiger partial charge is 0.504 e. The maximum absolute atomic E-state index is 13.3. The molecule has 148 valence electrons. The zero-order valence-corrected chi connectivity index (χ0v) is 14.9. The van der Waals surface area contributed by atoms with Crippen molar-refractivity contribution in [3.05, 3.63) is 63.5 Å². The Morgan fingerprint density at radius 2 is 1.86 bits per heavy atom. The maximum atomic E-state index is 13.3. The van der Waals surface area contributed by atoms with Gasteiger partial charge in [0.25, 0.3) is 0 Å². The molecular weight excluding hydrogens is 373 g/mol. The lowest BCUT2D eigenvalue weighted by Gasteiger charge is -2.09. The van der Waals surface area contributed by atoms with Crippen molar-refractivity contribution in [2.75, 3.05) is 13.7 Å². The molecule has 0 spiro atoms. The molecule has 10 heteroatoms. The van der Waals surface area contributed by atoms with Gasteiger partial charge in [0.2, 0.25) is 17.6 Å². The topological polar surface area (TPSA) is 131 Å². The average molecular weight is 391 g/mol. The molecule has 0 bridgehead atoms. The average Bonchev–Trinajstić information content (AvgIpc) is 2.66. The van der Waals surface area contributed by atoms with Gasteiger partial charge in [-0.3, -0.25) is 19.7 Å². The molecule has 0 atom stereocenters. The molecule has 2 aromatic rings. The number of nitro groups is 1. The van der Waals surface area contributed by atoms with Crippen molar-refractivity contribution in [3.8, 4) is 11.5 Å². The van der Waals surface area contributed by atoms with Gasteiger partial charge in [0.05, 0.1) is 25.0 Å². The molecule has 0 fully saturated rings. The van der Waals surface area contributed by atoms with E-state index in [1.165, 1.54) is 19.2 Å². The normalized spacial score (nSPS) is 10.2. The predicted molar refractivity (Wildman–Crippen MR) is 96.3 cm³/mol. The number of benzene rings is 2. The second kappa shape index (κ2) is 9.31. The Morgan fingerprint density at radius 1 is 1.14 bits per heavy atom. The Kier molecular flexibility index (Phi) is 6.85. The first-order chi connectivity index (χ1) is 13.3. The van der Waals surface area contributed by atoms with Crippen molar-refractivity contribution in [1.29, 1.82) is 0 Å². The maximum Gasteiger partial charge on any atom is 0.305 e. The number of phenolic OH excluding ortho intramolecular Hbond substituents is 1. The van der Waals surface area contributed by atoms with Crippen LogP contribution < -0.4 is 15.4 Å². The van der Waals surface area contributed by atoms with E-state index in [0.29, 0.717) is 11.3 Å². The number of nitrogens with one attached hydrogen (secondary N) is 2. The number of phenols is 1. The molecule has 0 heterocycles. The van der Waals surface area contributed by atoms with Crippen LogP contribution in [-0.4, -0.2) is 35.5 Å². The number of carbonyl (C=O) groups excluding carboxylic acids is 2. The molecule has 2 rings (SSSR count). The molecule has 2 aromatic carbocycles. The van der Waals surface area contributed by atoms with E-state index in [1.807, 2.05) is 0 Å². The van der Waals surface area contributed by atoms with Gasteiger partial charge in [-0.1, -0.05) is 12.1 Å². The van der Waals surface area contributed by atoms with Crippen molar-refractivity contribution < 1.29 is 28.7 Å². The molecule has 0 unspecified atom stereocenters. The summed E-state index contributed by atoms with van der Waals surface area (Å²) in [5, 5.41) is 25.3. The molecule has 3 N–H and O–H groups in total. The lowest BCUT2D eigenvalue weighted by Crippen LogP contribution is -2.37. The van der Waals surface area contributed by atoms with E-state index < -0.39 is 28.2 Å². The van der Waals surface area contributed by atoms with Gasteiger partial charge in [0.15, 0.2) is 11.5 Å². The molecular formula is C18H18FN3O6. The van der Waals surface area contributed by atoms with Gasteiger partial charge < -0.3 is 20.5 Å². The van der Waals surface area contributed by atoms with Gasteiger partial charge >= 0.3 is 5.69 Å². The van der Waals surface area contributed by atoms with Crippen LogP contribution in [0, 0.1) is 15.9 Å². The van der Waals surface area contributed by atoms with Crippen LogP contribution in [0.2, 0.25) is 0 Å². The zero-order valence-electron chi connectivity index (χ0n) is 14.9. The number of aromatic hydroxyl groups is 1. The Labute approximate surface area is 159 Å². The first-order valence-corrected chi connectivity index (χ1v) is 8.12. The first-order valence-electron chi connectivity index (χ1n) is 8.12. The lowest BCUT2D eigenvalue weighted by atomic mass is 10.1. The van der Waals surface area contributed by atoms with E-state index in [4.69, 9.17) is 4.74 Å². The number of hydrogen-bond donors (Lipinski definition) is 3. The second-order valence-corrected chi connectivity index (χ2v) is 5.78. The van der Waals surface area contributed by atoms with Crippen LogP contribution in [0.5, 0.6) is 11.5 Å². The van der Waals surface area contributed by atoms with Gasteiger partial charge in [-0.15, -0.1) is 0 Å². The third kappa shape index (κ3) is 5.66. The number of amides is 2. The van der Waals surface area contributed by atoms with Crippen LogP contribution >= 0.6 is 0 Å². The number of hydrogen-bond acceptors (Lipinski definition) is 6. The van der Waals surface area contributed by atoms with Gasteiger partial charge in [0.1, 0.15) is 0 Å². The van der Waals surface area contributed by atoms with E-state index in [1.54, 1.807) is 12.1 Å². The first kappa shape index (κ1) is 20.6. The molecule has 0 radical (unpaired) electrons. The van der Waals surface area contributed by atoms with Crippen molar-refractivity contribution in [2.24, 2.45) is 0 Å². The van der Waals surface area contributed by atoms with E-state index in [2.05, 4.69) is 10.6 Å². The van der Waals surface area contributed by atoms with Crippen LogP contribution in [0.1, 0.15) is 11.1 Å². The highest BCUT2D eigenvalue weighted by molar-refractivity contribution is 5.85. The summed E-state index contributed by atoms with van der Waals surface area (Å²) in [6.07, 6.45) is -0.235. The minimum Gasteiger partial charge on any atom is -0.504 e. The van der Waals surface area contributed by atoms with Gasteiger partial charge in [-0.2, -0.15) is 4.39 Å². The number of halogens is 1. The van der Waals surface area contributed by atoms with Crippen molar-refractivity contribution in [2.45, 2.75) is 13.0 Å². The van der Waals surface area contributed by atoms with Crippen molar-refractivity contribution in [3.63, 3.8) is 0 Å². The molecule has 28 heavy (non-hydrogen) atoms. The van der Waals surface area contributed by atoms with Crippen LogP contribution in [-0.2, 0) is 22.6 Å². The lowest BCUT2D eigenvalue weighted by molar-refractivity contribution is -0.387. The second-order valence-electron chi connectivity index (χ2n) is 5.78. The number of methoxy groups -OCH3 is 1. The minimum absolute atomic E-state index is 0.0593. The quantitative estimate of drug-likeness (QED) is 0.461. The third-order valence-electron chi connectivity index (χ3n) is 3.75. The number of rotatable bonds is 8. The molecule has 0 aliphatic carbocycles. The van der Waals surface area contributed by atoms with Crippen LogP contribution in [0.15, 0.2) is 36.4 Å². The summed E-state index contributed by atoms with van der Waals surface area (Å²) in [6, 6.07) is 7.82. The predicted octanol–water partition coefficient (Wildman–Crippen LogP) is 1.42. The molecule has 9 nitrogen and oxygen atoms in total. The van der Waals surface area contributed by atoms with Gasteiger partial charge in [-0.25, -0.2) is 0 Å².